The Bertz CT molecular complexity index is 1470. The second-order valence-corrected chi connectivity index (χ2v) is 7.21. The van der Waals surface area contributed by atoms with Gasteiger partial charge >= 0.3 is 0 Å². The van der Waals surface area contributed by atoms with E-state index in [0.717, 1.165) is 24.3 Å². The van der Waals surface area contributed by atoms with Crippen LogP contribution in [0.3, 0.4) is 0 Å². The van der Waals surface area contributed by atoms with Crippen LogP contribution in [0.5, 0.6) is 0 Å². The summed E-state index contributed by atoms with van der Waals surface area (Å²) in [5.74, 6) is -4.23. The van der Waals surface area contributed by atoms with Crippen LogP contribution in [0, 0.1) is 29.1 Å². The van der Waals surface area contributed by atoms with E-state index in [9.17, 15) is 13.2 Å². The topological polar surface area (TPSA) is 0 Å². The van der Waals surface area contributed by atoms with Gasteiger partial charge in [0.25, 0.3) is 0 Å². The average Bonchev–Trinajstić information content (AvgIpc) is 2.77. The van der Waals surface area contributed by atoms with Crippen molar-refractivity contribution in [1.29, 1.82) is 0 Å². The maximum absolute atomic E-state index is 15.2. The summed E-state index contributed by atoms with van der Waals surface area (Å²) < 4.78 is 72.3. The molecule has 0 aliphatic heterocycles. The lowest BCUT2D eigenvalue weighted by Crippen LogP contribution is -1.97. The van der Waals surface area contributed by atoms with Crippen molar-refractivity contribution in [3.63, 3.8) is 0 Å². The monoisotopic (exact) mass is 420 g/mol. The second kappa shape index (κ2) is 7.20. The van der Waals surface area contributed by atoms with Gasteiger partial charge in [0, 0.05) is 21.9 Å². The third-order valence-corrected chi connectivity index (χ3v) is 5.39. The van der Waals surface area contributed by atoms with Crippen molar-refractivity contribution in [2.75, 3.05) is 0 Å². The molecule has 0 atom stereocenters. The molecule has 0 aromatic heterocycles. The molecule has 0 saturated heterocycles. The van der Waals surface area contributed by atoms with Crippen molar-refractivity contribution in [1.82, 2.24) is 0 Å². The Labute approximate surface area is 174 Å². The Balaban J connectivity index is 2.08. The van der Waals surface area contributed by atoms with Gasteiger partial charge in [-0.05, 0) is 58.3 Å². The van der Waals surface area contributed by atoms with Gasteiger partial charge in [-0.15, -0.1) is 0 Å². The first-order chi connectivity index (χ1) is 15.0. The third kappa shape index (κ3) is 3.05. The molecule has 0 amide bonds. The molecule has 0 spiro atoms. The maximum Gasteiger partial charge on any atom is 0.159 e. The zero-order valence-electron chi connectivity index (χ0n) is 15.9. The smallest absolute Gasteiger partial charge is 0.159 e. The highest BCUT2D eigenvalue weighted by molar-refractivity contribution is 6.21. The maximum atomic E-state index is 15.2. The predicted molar refractivity (Wildman–Crippen MR) is 112 cm³/mol. The minimum Gasteiger partial charge on any atom is -0.207 e. The summed E-state index contributed by atoms with van der Waals surface area (Å²) in [5.41, 5.74) is 1.23. The van der Waals surface area contributed by atoms with Gasteiger partial charge < -0.3 is 0 Å². The van der Waals surface area contributed by atoms with E-state index < -0.39 is 29.1 Å². The summed E-state index contributed by atoms with van der Waals surface area (Å²) in [6.07, 6.45) is 0. The van der Waals surface area contributed by atoms with Crippen LogP contribution >= 0.6 is 0 Å². The Morgan fingerprint density at radius 3 is 1.68 bits per heavy atom. The number of rotatable bonds is 2. The van der Waals surface area contributed by atoms with E-state index in [1.165, 1.54) is 24.3 Å². The fraction of sp³-hybridized carbons (Fsp3) is 0. The van der Waals surface area contributed by atoms with E-state index in [0.29, 0.717) is 16.5 Å². The van der Waals surface area contributed by atoms with Crippen LogP contribution in [-0.4, -0.2) is 0 Å². The first kappa shape index (κ1) is 19.2. The quantitative estimate of drug-likeness (QED) is 0.200. The molecule has 0 fully saturated rings. The second-order valence-electron chi connectivity index (χ2n) is 7.21. The molecule has 0 radical (unpaired) electrons. The number of fused-ring (bicyclic) bond motifs is 2. The van der Waals surface area contributed by atoms with E-state index in [4.69, 9.17) is 0 Å². The molecule has 5 heteroatoms. The van der Waals surface area contributed by atoms with Crippen LogP contribution in [0.2, 0.25) is 0 Å². The SMILES string of the molecule is Fc1ccc2c(-c3ccccc3)c3c(F)ccc(F)c3c(-c3ccc(F)c(F)c3)c2c1. The molecular weight excluding hydrogens is 407 g/mol. The number of hydrogen-bond donors (Lipinski definition) is 0. The highest BCUT2D eigenvalue weighted by atomic mass is 19.2. The molecule has 0 aliphatic rings. The van der Waals surface area contributed by atoms with Crippen LogP contribution in [-0.2, 0) is 0 Å². The molecule has 0 unspecified atom stereocenters. The molecule has 0 saturated carbocycles. The van der Waals surface area contributed by atoms with Crippen LogP contribution < -0.4 is 0 Å². The minimum atomic E-state index is -1.14. The average molecular weight is 420 g/mol. The predicted octanol–water partition coefficient (Wildman–Crippen LogP) is 8.02. The number of hydrogen-bond acceptors (Lipinski definition) is 0. The molecule has 5 aromatic carbocycles. The molecule has 0 aliphatic carbocycles. The van der Waals surface area contributed by atoms with Gasteiger partial charge in [-0.3, -0.25) is 0 Å². The van der Waals surface area contributed by atoms with E-state index >= 15 is 8.78 Å². The fourth-order valence-electron chi connectivity index (χ4n) is 4.11. The normalized spacial score (nSPS) is 11.4. The van der Waals surface area contributed by atoms with Crippen molar-refractivity contribution in [2.45, 2.75) is 0 Å². The van der Waals surface area contributed by atoms with Gasteiger partial charge in [-0.2, -0.15) is 0 Å². The van der Waals surface area contributed by atoms with Crippen LogP contribution in [0.4, 0.5) is 22.0 Å². The molecule has 0 heterocycles. The lowest BCUT2D eigenvalue weighted by Gasteiger charge is -2.19. The van der Waals surface area contributed by atoms with Crippen molar-refractivity contribution in [2.24, 2.45) is 0 Å². The Hall–Kier alpha value is -3.73. The molecule has 5 rings (SSSR count). The molecule has 0 N–H and O–H groups in total. The fourth-order valence-corrected chi connectivity index (χ4v) is 4.11. The first-order valence-corrected chi connectivity index (χ1v) is 9.49. The zero-order chi connectivity index (χ0) is 21.7. The molecule has 5 aromatic rings. The summed E-state index contributed by atoms with van der Waals surface area (Å²) in [7, 11) is 0. The Morgan fingerprint density at radius 2 is 1.03 bits per heavy atom. The summed E-state index contributed by atoms with van der Waals surface area (Å²) in [4.78, 5) is 0. The highest BCUT2D eigenvalue weighted by Gasteiger charge is 2.22. The third-order valence-electron chi connectivity index (χ3n) is 5.39. The van der Waals surface area contributed by atoms with Crippen molar-refractivity contribution < 1.29 is 22.0 Å². The number of halogens is 5. The van der Waals surface area contributed by atoms with Gasteiger partial charge in [0.05, 0.1) is 0 Å². The summed E-state index contributed by atoms with van der Waals surface area (Å²) >= 11 is 0. The lowest BCUT2D eigenvalue weighted by molar-refractivity contribution is 0.509. The summed E-state index contributed by atoms with van der Waals surface area (Å²) in [5, 5.41) is 0.596. The minimum absolute atomic E-state index is 0.00922. The molecule has 152 valence electrons. The Kier molecular flexibility index (Phi) is 4.47. The van der Waals surface area contributed by atoms with Gasteiger partial charge in [0.15, 0.2) is 11.6 Å². The number of benzene rings is 5. The van der Waals surface area contributed by atoms with E-state index in [2.05, 4.69) is 0 Å². The largest absolute Gasteiger partial charge is 0.207 e. The van der Waals surface area contributed by atoms with E-state index in [1.807, 2.05) is 0 Å². The Morgan fingerprint density at radius 1 is 0.419 bits per heavy atom. The standard InChI is InChI=1S/C26H13F5/c27-16-7-8-17-18(13-16)24(15-6-9-19(28)22(31)12-15)26-21(30)11-10-20(29)25(26)23(17)14-4-2-1-3-5-14/h1-13H. The summed E-state index contributed by atoms with van der Waals surface area (Å²) in [6.45, 7) is 0. The van der Waals surface area contributed by atoms with Crippen LogP contribution in [0.15, 0.2) is 78.9 Å². The van der Waals surface area contributed by atoms with Gasteiger partial charge in [-0.25, -0.2) is 22.0 Å². The van der Waals surface area contributed by atoms with E-state index in [1.54, 1.807) is 30.3 Å². The van der Waals surface area contributed by atoms with Gasteiger partial charge in [-0.1, -0.05) is 42.5 Å². The lowest BCUT2D eigenvalue weighted by atomic mass is 9.85. The van der Waals surface area contributed by atoms with Crippen molar-refractivity contribution in [3.05, 3.63) is 108 Å². The van der Waals surface area contributed by atoms with Crippen LogP contribution in [0.25, 0.3) is 43.8 Å². The zero-order valence-corrected chi connectivity index (χ0v) is 15.9. The highest BCUT2D eigenvalue weighted by Crippen LogP contribution is 2.45. The summed E-state index contributed by atoms with van der Waals surface area (Å²) in [6, 6.07) is 17.8. The van der Waals surface area contributed by atoms with Crippen LogP contribution in [0.1, 0.15) is 0 Å². The van der Waals surface area contributed by atoms with Crippen molar-refractivity contribution >= 4 is 21.5 Å². The van der Waals surface area contributed by atoms with E-state index in [-0.39, 0.29) is 27.3 Å². The molecule has 0 bridgehead atoms. The van der Waals surface area contributed by atoms with Gasteiger partial charge in [0.1, 0.15) is 17.5 Å². The molecule has 0 nitrogen and oxygen atoms in total. The van der Waals surface area contributed by atoms with Crippen molar-refractivity contribution in [3.8, 4) is 22.3 Å². The van der Waals surface area contributed by atoms with Gasteiger partial charge in [0.2, 0.25) is 0 Å². The molecular formula is C26H13F5. The first-order valence-electron chi connectivity index (χ1n) is 9.49. The molecule has 31 heavy (non-hydrogen) atoms.